The second-order valence-corrected chi connectivity index (χ2v) is 9.57. The van der Waals surface area contributed by atoms with Gasteiger partial charge in [-0.05, 0) is 44.9 Å². The van der Waals surface area contributed by atoms with Gasteiger partial charge in [-0.2, -0.15) is 0 Å². The number of piperidine rings is 1. The van der Waals surface area contributed by atoms with Crippen LogP contribution in [0.1, 0.15) is 59.9 Å². The zero-order valence-corrected chi connectivity index (χ0v) is 19.1. The minimum Gasteiger partial charge on any atom is -0.444 e. The van der Waals surface area contributed by atoms with Crippen LogP contribution in [-0.2, 0) is 20.9 Å². The minimum atomic E-state index is -0.973. The van der Waals surface area contributed by atoms with E-state index in [0.717, 1.165) is 10.5 Å². The summed E-state index contributed by atoms with van der Waals surface area (Å²) in [6.07, 6.45) is -0.104. The van der Waals surface area contributed by atoms with E-state index >= 15 is 0 Å². The molecule has 2 fully saturated rings. The molecule has 10 heteroatoms. The van der Waals surface area contributed by atoms with Crippen LogP contribution in [-0.4, -0.2) is 82.2 Å². The van der Waals surface area contributed by atoms with E-state index in [1.165, 1.54) is 0 Å². The first kappa shape index (κ1) is 22.9. The Morgan fingerprint density at radius 1 is 1.03 bits per heavy atom. The third-order valence-corrected chi connectivity index (χ3v) is 5.93. The summed E-state index contributed by atoms with van der Waals surface area (Å²) in [6, 6.07) is 4.15. The number of amides is 5. The molecule has 0 radical (unpaired) electrons. The van der Waals surface area contributed by atoms with E-state index < -0.39 is 35.3 Å². The van der Waals surface area contributed by atoms with Gasteiger partial charge in [0.05, 0.1) is 11.1 Å². The summed E-state index contributed by atoms with van der Waals surface area (Å²) in [7, 11) is 0. The van der Waals surface area contributed by atoms with Crippen molar-refractivity contribution in [3.63, 3.8) is 0 Å². The quantitative estimate of drug-likeness (QED) is 0.678. The van der Waals surface area contributed by atoms with Gasteiger partial charge in [-0.25, -0.2) is 4.79 Å². The van der Waals surface area contributed by atoms with E-state index in [9.17, 15) is 24.0 Å². The summed E-state index contributed by atoms with van der Waals surface area (Å²) in [5.41, 5.74) is 0.869. The van der Waals surface area contributed by atoms with Crippen LogP contribution in [0, 0.1) is 0 Å². The highest BCUT2D eigenvalue weighted by atomic mass is 16.6. The number of hydrogen-bond acceptors (Lipinski definition) is 7. The molecular weight excluding hydrogens is 428 g/mol. The lowest BCUT2D eigenvalue weighted by atomic mass is 10.0. The average molecular weight is 456 g/mol. The fourth-order valence-electron chi connectivity index (χ4n) is 4.29. The highest BCUT2D eigenvalue weighted by molar-refractivity contribution is 6.23. The molecule has 0 aliphatic carbocycles. The molecule has 2 saturated heterocycles. The molecule has 10 nitrogen and oxygen atoms in total. The molecule has 3 aliphatic rings. The largest absolute Gasteiger partial charge is 0.444 e. The second-order valence-electron chi connectivity index (χ2n) is 9.57. The number of imide groups is 2. The lowest BCUT2D eigenvalue weighted by Crippen LogP contribution is -2.54. The van der Waals surface area contributed by atoms with Crippen molar-refractivity contribution in [3.05, 3.63) is 34.9 Å². The third kappa shape index (κ3) is 4.75. The lowest BCUT2D eigenvalue weighted by Gasteiger charge is -2.35. The Labute approximate surface area is 191 Å². The standard InChI is InChI=1S/C23H28N4O6/c1-23(2,3)33-22(32)26-10-8-25(9-11-26)13-14-4-5-15-16(12-14)21(31)27(20(15)30)17-6-7-18(28)24-19(17)29/h4-5,12,17H,6-11,13H2,1-3H3,(H,24,28,29). The molecule has 0 spiro atoms. The number of carbonyl (C=O) groups excluding carboxylic acids is 5. The highest BCUT2D eigenvalue weighted by Gasteiger charge is 2.44. The van der Waals surface area contributed by atoms with Crippen molar-refractivity contribution in [1.82, 2.24) is 20.0 Å². The molecule has 1 N–H and O–H groups in total. The van der Waals surface area contributed by atoms with Gasteiger partial charge in [-0.1, -0.05) is 6.07 Å². The maximum absolute atomic E-state index is 13.0. The molecule has 1 aromatic rings. The van der Waals surface area contributed by atoms with Crippen LogP contribution >= 0.6 is 0 Å². The maximum Gasteiger partial charge on any atom is 0.410 e. The van der Waals surface area contributed by atoms with Gasteiger partial charge in [0, 0.05) is 39.1 Å². The Hall–Kier alpha value is -3.27. The molecule has 5 amide bonds. The first-order valence-corrected chi connectivity index (χ1v) is 11.1. The molecule has 0 aromatic heterocycles. The Morgan fingerprint density at radius 3 is 2.33 bits per heavy atom. The number of fused-ring (bicyclic) bond motifs is 1. The van der Waals surface area contributed by atoms with Crippen molar-refractivity contribution >= 4 is 29.7 Å². The molecule has 1 atom stereocenters. The van der Waals surface area contributed by atoms with Gasteiger partial charge in [0.1, 0.15) is 11.6 Å². The fourth-order valence-corrected chi connectivity index (χ4v) is 4.29. The summed E-state index contributed by atoms with van der Waals surface area (Å²) in [6.45, 7) is 8.47. The summed E-state index contributed by atoms with van der Waals surface area (Å²) < 4.78 is 5.42. The Bertz CT molecular complexity index is 1020. The van der Waals surface area contributed by atoms with E-state index in [-0.39, 0.29) is 30.1 Å². The van der Waals surface area contributed by atoms with Gasteiger partial charge < -0.3 is 9.64 Å². The van der Waals surface area contributed by atoms with Crippen molar-refractivity contribution in [1.29, 1.82) is 0 Å². The molecule has 176 valence electrons. The summed E-state index contributed by atoms with van der Waals surface area (Å²) in [5.74, 6) is -2.05. The number of ether oxygens (including phenoxy) is 1. The summed E-state index contributed by atoms with van der Waals surface area (Å²) in [4.78, 5) is 66.5. The third-order valence-electron chi connectivity index (χ3n) is 5.93. The summed E-state index contributed by atoms with van der Waals surface area (Å²) >= 11 is 0. The number of benzene rings is 1. The van der Waals surface area contributed by atoms with E-state index in [2.05, 4.69) is 10.2 Å². The fraction of sp³-hybridized carbons (Fsp3) is 0.522. The normalized spacial score (nSPS) is 21.8. The number of carbonyl (C=O) groups is 5. The number of hydrogen-bond donors (Lipinski definition) is 1. The molecular formula is C23H28N4O6. The molecule has 4 rings (SSSR count). The smallest absolute Gasteiger partial charge is 0.410 e. The molecule has 0 bridgehead atoms. The van der Waals surface area contributed by atoms with Crippen molar-refractivity contribution in [3.8, 4) is 0 Å². The minimum absolute atomic E-state index is 0.0876. The number of nitrogens with one attached hydrogen (secondary N) is 1. The zero-order chi connectivity index (χ0) is 23.9. The summed E-state index contributed by atoms with van der Waals surface area (Å²) in [5, 5.41) is 2.20. The average Bonchev–Trinajstić information content (AvgIpc) is 2.97. The van der Waals surface area contributed by atoms with E-state index in [1.807, 2.05) is 20.8 Å². The van der Waals surface area contributed by atoms with E-state index in [4.69, 9.17) is 4.74 Å². The Morgan fingerprint density at radius 2 is 1.70 bits per heavy atom. The molecule has 3 aliphatic heterocycles. The zero-order valence-electron chi connectivity index (χ0n) is 19.1. The molecule has 3 heterocycles. The monoisotopic (exact) mass is 456 g/mol. The number of piperazine rings is 1. The molecule has 33 heavy (non-hydrogen) atoms. The van der Waals surface area contributed by atoms with Crippen molar-refractivity contribution < 1.29 is 28.7 Å². The van der Waals surface area contributed by atoms with Gasteiger partial charge in [0.2, 0.25) is 11.8 Å². The number of rotatable bonds is 3. The Balaban J connectivity index is 1.39. The van der Waals surface area contributed by atoms with Crippen LogP contribution in [0.2, 0.25) is 0 Å². The van der Waals surface area contributed by atoms with E-state index in [1.54, 1.807) is 23.1 Å². The van der Waals surface area contributed by atoms with Gasteiger partial charge in [0.25, 0.3) is 11.8 Å². The highest BCUT2D eigenvalue weighted by Crippen LogP contribution is 2.28. The molecule has 1 unspecified atom stereocenters. The second kappa shape index (κ2) is 8.58. The van der Waals surface area contributed by atoms with Crippen LogP contribution in [0.5, 0.6) is 0 Å². The van der Waals surface area contributed by atoms with Gasteiger partial charge in [-0.3, -0.25) is 34.3 Å². The predicted molar refractivity (Wildman–Crippen MR) is 116 cm³/mol. The van der Waals surface area contributed by atoms with Crippen molar-refractivity contribution in [2.75, 3.05) is 26.2 Å². The Kier molecular flexibility index (Phi) is 5.96. The van der Waals surface area contributed by atoms with Gasteiger partial charge >= 0.3 is 6.09 Å². The van der Waals surface area contributed by atoms with Crippen LogP contribution in [0.4, 0.5) is 4.79 Å². The van der Waals surface area contributed by atoms with Gasteiger partial charge in [0.15, 0.2) is 0 Å². The first-order valence-electron chi connectivity index (χ1n) is 11.1. The SMILES string of the molecule is CC(C)(C)OC(=O)N1CCN(Cc2ccc3c(c2)C(=O)N(C2CCC(=O)NC2=O)C3=O)CC1. The predicted octanol–water partition coefficient (Wildman–Crippen LogP) is 1.14. The van der Waals surface area contributed by atoms with Crippen LogP contribution in [0.25, 0.3) is 0 Å². The maximum atomic E-state index is 13.0. The first-order chi connectivity index (χ1) is 15.5. The number of nitrogens with zero attached hydrogens (tertiary/aromatic N) is 3. The van der Waals surface area contributed by atoms with Crippen LogP contribution < -0.4 is 5.32 Å². The van der Waals surface area contributed by atoms with Gasteiger partial charge in [-0.15, -0.1) is 0 Å². The van der Waals surface area contributed by atoms with Crippen molar-refractivity contribution in [2.24, 2.45) is 0 Å². The van der Waals surface area contributed by atoms with Crippen molar-refractivity contribution in [2.45, 2.75) is 51.8 Å². The molecule has 0 saturated carbocycles. The topological polar surface area (TPSA) is 116 Å². The van der Waals surface area contributed by atoms with Crippen LogP contribution in [0.3, 0.4) is 0 Å². The van der Waals surface area contributed by atoms with Crippen LogP contribution in [0.15, 0.2) is 18.2 Å². The molecule has 1 aromatic carbocycles. The van der Waals surface area contributed by atoms with E-state index in [0.29, 0.717) is 32.7 Å². The lowest BCUT2D eigenvalue weighted by molar-refractivity contribution is -0.136.